The minimum atomic E-state index is -0.506. The number of fused-ring (bicyclic) bond motifs is 1. The van der Waals surface area contributed by atoms with Crippen molar-refractivity contribution in [2.45, 2.75) is 0 Å². The smallest absolute Gasteiger partial charge is 0.195 e. The second-order valence-electron chi connectivity index (χ2n) is 4.70. The summed E-state index contributed by atoms with van der Waals surface area (Å²) in [4.78, 5) is 12.6. The number of ketones is 1. The lowest BCUT2D eigenvalue weighted by molar-refractivity contribution is 0.104. The van der Waals surface area contributed by atoms with E-state index in [1.807, 2.05) is 0 Å². The molecule has 0 aliphatic heterocycles. The van der Waals surface area contributed by atoms with Gasteiger partial charge < -0.3 is 5.73 Å². The van der Waals surface area contributed by atoms with Gasteiger partial charge in [-0.3, -0.25) is 4.79 Å². The van der Waals surface area contributed by atoms with E-state index < -0.39 is 11.6 Å². The van der Waals surface area contributed by atoms with E-state index in [4.69, 9.17) is 5.73 Å². The molecule has 0 fully saturated rings. The lowest BCUT2D eigenvalue weighted by atomic mass is 9.96. The van der Waals surface area contributed by atoms with E-state index in [1.165, 1.54) is 24.3 Å². The molecule has 3 aromatic carbocycles. The molecule has 0 aliphatic rings. The van der Waals surface area contributed by atoms with Gasteiger partial charge in [-0.05, 0) is 35.7 Å². The molecule has 2 N–H and O–H groups in total. The van der Waals surface area contributed by atoms with Crippen molar-refractivity contribution in [1.82, 2.24) is 0 Å². The van der Waals surface area contributed by atoms with Crippen LogP contribution in [0.3, 0.4) is 0 Å². The van der Waals surface area contributed by atoms with E-state index in [0.29, 0.717) is 16.3 Å². The Morgan fingerprint density at radius 1 is 0.857 bits per heavy atom. The molecule has 0 unspecified atom stereocenters. The molecule has 0 spiro atoms. The molecule has 3 rings (SSSR count). The molecular formula is C17H11F2NO. The highest BCUT2D eigenvalue weighted by Crippen LogP contribution is 2.26. The Morgan fingerprint density at radius 3 is 2.24 bits per heavy atom. The molecule has 0 aromatic heterocycles. The summed E-state index contributed by atoms with van der Waals surface area (Å²) in [7, 11) is 0. The van der Waals surface area contributed by atoms with Crippen molar-refractivity contribution >= 4 is 22.2 Å². The van der Waals surface area contributed by atoms with E-state index in [-0.39, 0.29) is 17.0 Å². The van der Waals surface area contributed by atoms with E-state index in [1.54, 1.807) is 24.3 Å². The van der Waals surface area contributed by atoms with Crippen molar-refractivity contribution in [3.8, 4) is 0 Å². The van der Waals surface area contributed by atoms with Crippen LogP contribution < -0.4 is 5.73 Å². The molecule has 4 heteroatoms. The quantitative estimate of drug-likeness (QED) is 0.572. The summed E-state index contributed by atoms with van der Waals surface area (Å²) in [5, 5.41) is 0.871. The lowest BCUT2D eigenvalue weighted by Gasteiger charge is -2.08. The Balaban J connectivity index is 2.21. The number of halogens is 2. The van der Waals surface area contributed by atoms with Gasteiger partial charge in [0.1, 0.15) is 11.6 Å². The van der Waals surface area contributed by atoms with Crippen molar-refractivity contribution < 1.29 is 13.6 Å². The average Bonchev–Trinajstić information content (AvgIpc) is 2.47. The Labute approximate surface area is 119 Å². The van der Waals surface area contributed by atoms with Crippen molar-refractivity contribution in [3.05, 3.63) is 77.4 Å². The molecule has 2 nitrogen and oxygen atoms in total. The van der Waals surface area contributed by atoms with Crippen molar-refractivity contribution in [3.63, 3.8) is 0 Å². The highest BCUT2D eigenvalue weighted by Gasteiger charge is 2.16. The minimum Gasteiger partial charge on any atom is -0.398 e. The lowest BCUT2D eigenvalue weighted by Crippen LogP contribution is -2.06. The average molecular weight is 283 g/mol. The topological polar surface area (TPSA) is 43.1 Å². The van der Waals surface area contributed by atoms with E-state index in [2.05, 4.69) is 0 Å². The Kier molecular flexibility index (Phi) is 3.14. The summed E-state index contributed by atoms with van der Waals surface area (Å²) in [6.07, 6.45) is 0. The zero-order chi connectivity index (χ0) is 15.0. The van der Waals surface area contributed by atoms with E-state index >= 15 is 0 Å². The van der Waals surface area contributed by atoms with Gasteiger partial charge in [0.15, 0.2) is 5.78 Å². The fraction of sp³-hybridized carbons (Fsp3) is 0. The van der Waals surface area contributed by atoms with Crippen LogP contribution in [0.25, 0.3) is 10.8 Å². The number of nitrogen functional groups attached to an aromatic ring is 1. The third-order valence-corrected chi connectivity index (χ3v) is 3.37. The number of carbonyl (C=O) groups excluding carboxylic acids is 1. The number of anilines is 1. The molecule has 0 amide bonds. The number of rotatable bonds is 2. The Hall–Kier alpha value is -2.75. The van der Waals surface area contributed by atoms with Crippen molar-refractivity contribution in [2.24, 2.45) is 0 Å². The largest absolute Gasteiger partial charge is 0.398 e. The molecular weight excluding hydrogens is 272 g/mol. The number of carbonyl (C=O) groups is 1. The molecule has 0 aliphatic carbocycles. The molecule has 0 saturated heterocycles. The van der Waals surface area contributed by atoms with E-state index in [9.17, 15) is 13.6 Å². The van der Waals surface area contributed by atoms with Gasteiger partial charge in [0, 0.05) is 22.2 Å². The van der Waals surface area contributed by atoms with Crippen LogP contribution in [0.2, 0.25) is 0 Å². The molecule has 0 heterocycles. The summed E-state index contributed by atoms with van der Waals surface area (Å²) >= 11 is 0. The normalized spacial score (nSPS) is 10.8. The van der Waals surface area contributed by atoms with Crippen molar-refractivity contribution in [2.75, 3.05) is 5.73 Å². The molecule has 0 radical (unpaired) electrons. The summed E-state index contributed by atoms with van der Waals surface area (Å²) in [6.45, 7) is 0. The summed E-state index contributed by atoms with van der Waals surface area (Å²) in [5.41, 5.74) is 6.30. The Morgan fingerprint density at radius 2 is 1.52 bits per heavy atom. The summed E-state index contributed by atoms with van der Waals surface area (Å²) in [5.74, 6) is -1.26. The van der Waals surface area contributed by atoms with Gasteiger partial charge in [0.25, 0.3) is 0 Å². The molecule has 3 aromatic rings. The minimum absolute atomic E-state index is 0.0633. The van der Waals surface area contributed by atoms with Crippen LogP contribution in [0.15, 0.2) is 54.6 Å². The van der Waals surface area contributed by atoms with Gasteiger partial charge in [0.05, 0.1) is 0 Å². The van der Waals surface area contributed by atoms with Crippen LogP contribution in [-0.4, -0.2) is 5.78 Å². The predicted octanol–water partition coefficient (Wildman–Crippen LogP) is 3.93. The van der Waals surface area contributed by atoms with Gasteiger partial charge in [0.2, 0.25) is 0 Å². The number of hydrogen-bond acceptors (Lipinski definition) is 2. The standard InChI is InChI=1S/C17H11F2NO/c18-10-5-6-14(16(20)9-10)17(21)13-7-8-15(19)12-4-2-1-3-11(12)13/h1-9H,20H2. The molecule has 0 saturated carbocycles. The van der Waals surface area contributed by atoms with Crippen LogP contribution in [0.4, 0.5) is 14.5 Å². The fourth-order valence-corrected chi connectivity index (χ4v) is 2.35. The first-order valence-electron chi connectivity index (χ1n) is 6.35. The van der Waals surface area contributed by atoms with Gasteiger partial charge in [-0.1, -0.05) is 24.3 Å². The predicted molar refractivity (Wildman–Crippen MR) is 78.2 cm³/mol. The fourth-order valence-electron chi connectivity index (χ4n) is 2.35. The molecule has 21 heavy (non-hydrogen) atoms. The SMILES string of the molecule is Nc1cc(F)ccc1C(=O)c1ccc(F)c2ccccc12. The van der Waals surface area contributed by atoms with Crippen LogP contribution in [0, 0.1) is 11.6 Å². The summed E-state index contributed by atoms with van der Waals surface area (Å²) < 4.78 is 26.9. The van der Waals surface area contributed by atoms with Crippen LogP contribution in [0.1, 0.15) is 15.9 Å². The first-order chi connectivity index (χ1) is 10.1. The van der Waals surface area contributed by atoms with E-state index in [0.717, 1.165) is 6.07 Å². The van der Waals surface area contributed by atoms with Crippen molar-refractivity contribution in [1.29, 1.82) is 0 Å². The van der Waals surface area contributed by atoms with Gasteiger partial charge in [-0.15, -0.1) is 0 Å². The zero-order valence-corrected chi connectivity index (χ0v) is 10.9. The first-order valence-corrected chi connectivity index (χ1v) is 6.35. The highest BCUT2D eigenvalue weighted by molar-refractivity contribution is 6.18. The maximum atomic E-state index is 13.8. The van der Waals surface area contributed by atoms with Gasteiger partial charge in [-0.25, -0.2) is 8.78 Å². The monoisotopic (exact) mass is 283 g/mol. The van der Waals surface area contributed by atoms with Gasteiger partial charge in [-0.2, -0.15) is 0 Å². The number of hydrogen-bond donors (Lipinski definition) is 1. The maximum absolute atomic E-state index is 13.8. The molecule has 0 bridgehead atoms. The molecule has 104 valence electrons. The van der Waals surface area contributed by atoms with Gasteiger partial charge >= 0.3 is 0 Å². The van der Waals surface area contributed by atoms with Crippen LogP contribution in [0.5, 0.6) is 0 Å². The number of benzene rings is 3. The highest BCUT2D eigenvalue weighted by atomic mass is 19.1. The summed E-state index contributed by atoms with van der Waals surface area (Å²) in [6, 6.07) is 13.0. The number of nitrogens with two attached hydrogens (primary N) is 1. The molecule has 0 atom stereocenters. The zero-order valence-electron chi connectivity index (χ0n) is 10.9. The first kappa shape index (κ1) is 13.2. The van der Waals surface area contributed by atoms with Crippen LogP contribution in [-0.2, 0) is 0 Å². The maximum Gasteiger partial charge on any atom is 0.195 e. The Bertz CT molecular complexity index is 859. The third kappa shape index (κ3) is 2.25. The second kappa shape index (κ2) is 4.98. The second-order valence-corrected chi connectivity index (χ2v) is 4.70. The van der Waals surface area contributed by atoms with Crippen LogP contribution >= 0.6 is 0 Å². The third-order valence-electron chi connectivity index (χ3n) is 3.37.